The first-order valence-corrected chi connectivity index (χ1v) is 9.80. The van der Waals surface area contributed by atoms with Crippen molar-refractivity contribution in [3.8, 4) is 0 Å². The zero-order valence-corrected chi connectivity index (χ0v) is 15.6. The molecule has 3 rings (SSSR count). The van der Waals surface area contributed by atoms with Crippen molar-refractivity contribution in [2.75, 3.05) is 29.2 Å². The second kappa shape index (κ2) is 8.57. The predicted molar refractivity (Wildman–Crippen MR) is 108 cm³/mol. The highest BCUT2D eigenvalue weighted by molar-refractivity contribution is 7.98. The molecule has 2 heterocycles. The van der Waals surface area contributed by atoms with Crippen LogP contribution in [0.1, 0.15) is 18.5 Å². The van der Waals surface area contributed by atoms with E-state index in [0.29, 0.717) is 5.82 Å². The Morgan fingerprint density at radius 3 is 2.85 bits per heavy atom. The molecule has 0 aliphatic rings. The van der Waals surface area contributed by atoms with Gasteiger partial charge in [0.2, 0.25) is 0 Å². The van der Waals surface area contributed by atoms with E-state index in [2.05, 4.69) is 31.1 Å². The maximum atomic E-state index is 12.4. The number of nitrogens with zero attached hydrogens (tertiary/aromatic N) is 2. The number of nitrogens with one attached hydrogen (secondary N) is 4. The Labute approximate surface area is 156 Å². The minimum atomic E-state index is -0.286. The lowest BCUT2D eigenvalue weighted by Gasteiger charge is -2.18. The number of rotatable bonds is 7. The highest BCUT2D eigenvalue weighted by Gasteiger charge is 2.15. The Morgan fingerprint density at radius 1 is 1.31 bits per heavy atom. The Morgan fingerprint density at radius 2 is 2.12 bits per heavy atom. The summed E-state index contributed by atoms with van der Waals surface area (Å²) in [5, 5.41) is 17.0. The van der Waals surface area contributed by atoms with Crippen molar-refractivity contribution < 1.29 is 4.79 Å². The zero-order valence-electron chi connectivity index (χ0n) is 14.7. The van der Waals surface area contributed by atoms with Gasteiger partial charge in [0.25, 0.3) is 0 Å². The van der Waals surface area contributed by atoms with Crippen molar-refractivity contribution in [3.05, 3.63) is 48.2 Å². The van der Waals surface area contributed by atoms with Crippen LogP contribution in [0, 0.1) is 0 Å². The van der Waals surface area contributed by atoms with Gasteiger partial charge in [0, 0.05) is 24.6 Å². The van der Waals surface area contributed by atoms with Gasteiger partial charge in [-0.05, 0) is 18.7 Å². The van der Waals surface area contributed by atoms with E-state index >= 15 is 0 Å². The fraction of sp³-hybridized carbons (Fsp3) is 0.278. The van der Waals surface area contributed by atoms with Crippen molar-refractivity contribution in [3.63, 3.8) is 0 Å². The highest BCUT2D eigenvalue weighted by atomic mass is 32.2. The van der Waals surface area contributed by atoms with E-state index < -0.39 is 0 Å². The van der Waals surface area contributed by atoms with Gasteiger partial charge in [-0.3, -0.25) is 10.4 Å². The first kappa shape index (κ1) is 18.1. The average Bonchev–Trinajstić information content (AvgIpc) is 3.05. The van der Waals surface area contributed by atoms with Crippen LogP contribution in [0.2, 0.25) is 0 Å². The Bertz CT molecular complexity index is 867. The molecule has 1 unspecified atom stereocenters. The lowest BCUT2D eigenvalue weighted by atomic mass is 10.1. The lowest BCUT2D eigenvalue weighted by Crippen LogP contribution is -2.34. The van der Waals surface area contributed by atoms with E-state index in [1.54, 1.807) is 24.0 Å². The molecular weight excluding hydrogens is 348 g/mol. The van der Waals surface area contributed by atoms with Crippen LogP contribution in [0.4, 0.5) is 16.4 Å². The Hall–Kier alpha value is -2.74. The number of amides is 2. The first-order valence-electron chi connectivity index (χ1n) is 8.40. The number of hydrogen-bond donors (Lipinski definition) is 4. The molecule has 26 heavy (non-hydrogen) atoms. The maximum absolute atomic E-state index is 12.4. The smallest absolute Gasteiger partial charge is 0.320 e. The molecule has 1 aromatic carbocycles. The number of fused-ring (bicyclic) bond motifs is 1. The number of urea groups is 1. The number of thioether (sulfide) groups is 1. The van der Waals surface area contributed by atoms with Gasteiger partial charge >= 0.3 is 6.03 Å². The van der Waals surface area contributed by atoms with E-state index in [0.717, 1.165) is 34.6 Å². The molecule has 8 heteroatoms. The normalized spacial score (nSPS) is 11.9. The van der Waals surface area contributed by atoms with Crippen LogP contribution in [0.3, 0.4) is 0 Å². The van der Waals surface area contributed by atoms with Crippen LogP contribution in [0.15, 0.2) is 42.6 Å². The molecule has 0 bridgehead atoms. The summed E-state index contributed by atoms with van der Waals surface area (Å²) >= 11 is 1.68. The molecule has 0 spiro atoms. The minimum absolute atomic E-state index is 0.0672. The number of anilines is 2. The molecule has 0 saturated carbocycles. The van der Waals surface area contributed by atoms with Crippen molar-refractivity contribution in [1.82, 2.24) is 20.5 Å². The monoisotopic (exact) mass is 370 g/mol. The molecule has 0 aliphatic carbocycles. The van der Waals surface area contributed by atoms with E-state index in [-0.39, 0.29) is 12.1 Å². The molecule has 1 atom stereocenters. The zero-order chi connectivity index (χ0) is 18.4. The minimum Gasteiger partial charge on any atom is -0.368 e. The fourth-order valence-corrected chi connectivity index (χ4v) is 3.28. The number of carbonyl (C=O) groups is 1. The van der Waals surface area contributed by atoms with Crippen LogP contribution in [-0.2, 0) is 0 Å². The molecule has 0 fully saturated rings. The molecule has 0 saturated heterocycles. The number of hydrogen-bond acceptors (Lipinski definition) is 5. The van der Waals surface area contributed by atoms with Crippen molar-refractivity contribution >= 4 is 40.3 Å². The summed E-state index contributed by atoms with van der Waals surface area (Å²) < 4.78 is 0. The molecule has 0 radical (unpaired) electrons. The van der Waals surface area contributed by atoms with Crippen molar-refractivity contribution in [1.29, 1.82) is 0 Å². The third-order valence-electron chi connectivity index (χ3n) is 3.87. The summed E-state index contributed by atoms with van der Waals surface area (Å²) in [7, 11) is 0. The molecule has 2 aromatic heterocycles. The highest BCUT2D eigenvalue weighted by Crippen LogP contribution is 2.22. The second-order valence-electron chi connectivity index (χ2n) is 5.73. The molecule has 136 valence electrons. The van der Waals surface area contributed by atoms with Gasteiger partial charge < -0.3 is 10.6 Å². The van der Waals surface area contributed by atoms with Gasteiger partial charge in [-0.1, -0.05) is 30.3 Å². The Kier molecular flexibility index (Phi) is 5.96. The SMILES string of the molecule is CCNc1n[nH]c2cc(NC(=O)NC(CSC)c3ccccc3)ncc12. The third-order valence-corrected chi connectivity index (χ3v) is 4.54. The maximum Gasteiger partial charge on any atom is 0.320 e. The van der Waals surface area contributed by atoms with E-state index in [4.69, 9.17) is 0 Å². The molecule has 7 nitrogen and oxygen atoms in total. The van der Waals surface area contributed by atoms with Gasteiger partial charge in [-0.15, -0.1) is 0 Å². The Balaban J connectivity index is 1.69. The summed E-state index contributed by atoms with van der Waals surface area (Å²) in [6.45, 7) is 2.78. The van der Waals surface area contributed by atoms with Crippen LogP contribution >= 0.6 is 11.8 Å². The van der Waals surface area contributed by atoms with Crippen LogP contribution in [0.5, 0.6) is 0 Å². The molecular formula is C18H22N6OS. The summed E-state index contributed by atoms with van der Waals surface area (Å²) in [5.74, 6) is 2.02. The number of pyridine rings is 1. The van der Waals surface area contributed by atoms with E-state index in [1.165, 1.54) is 0 Å². The average molecular weight is 370 g/mol. The number of carbonyl (C=O) groups excluding carboxylic acids is 1. The molecule has 3 aromatic rings. The topological polar surface area (TPSA) is 94.7 Å². The van der Waals surface area contributed by atoms with E-state index in [9.17, 15) is 4.79 Å². The van der Waals surface area contributed by atoms with Crippen LogP contribution in [-0.4, -0.2) is 39.8 Å². The fourth-order valence-electron chi connectivity index (χ4n) is 2.67. The number of benzene rings is 1. The van der Waals surface area contributed by atoms with Crippen LogP contribution in [0.25, 0.3) is 10.9 Å². The number of aromatic nitrogens is 3. The molecule has 2 amide bonds. The lowest BCUT2D eigenvalue weighted by molar-refractivity contribution is 0.249. The largest absolute Gasteiger partial charge is 0.368 e. The second-order valence-corrected chi connectivity index (χ2v) is 6.65. The van der Waals surface area contributed by atoms with E-state index in [1.807, 2.05) is 43.5 Å². The van der Waals surface area contributed by atoms with Crippen molar-refractivity contribution in [2.45, 2.75) is 13.0 Å². The number of aromatic amines is 1. The standard InChI is InChI=1S/C18H22N6OS/c1-3-19-17-13-10-20-16(9-14(13)23-24-17)22-18(25)21-15(11-26-2)12-7-5-4-6-8-12/h4-10,15H,3,11H2,1-2H3,(H2,19,23,24)(H2,20,21,22,25). The summed E-state index contributed by atoms with van der Waals surface area (Å²) in [4.78, 5) is 16.7. The summed E-state index contributed by atoms with van der Waals surface area (Å²) in [5.41, 5.74) is 1.89. The van der Waals surface area contributed by atoms with Gasteiger partial charge in [0.1, 0.15) is 5.82 Å². The quantitative estimate of drug-likeness (QED) is 0.510. The third kappa shape index (κ3) is 4.26. The van der Waals surface area contributed by atoms with Gasteiger partial charge in [0.15, 0.2) is 5.82 Å². The molecule has 0 aliphatic heterocycles. The number of H-pyrrole nitrogens is 1. The van der Waals surface area contributed by atoms with Crippen LogP contribution < -0.4 is 16.0 Å². The van der Waals surface area contributed by atoms with Crippen molar-refractivity contribution in [2.24, 2.45) is 0 Å². The van der Waals surface area contributed by atoms with Gasteiger partial charge in [0.05, 0.1) is 16.9 Å². The summed E-state index contributed by atoms with van der Waals surface area (Å²) in [6, 6.07) is 11.3. The molecule has 4 N–H and O–H groups in total. The predicted octanol–water partition coefficient (Wildman–Crippen LogP) is 3.62. The summed E-state index contributed by atoms with van der Waals surface area (Å²) in [6.07, 6.45) is 3.72. The van der Waals surface area contributed by atoms with Gasteiger partial charge in [-0.2, -0.15) is 16.9 Å². The first-order chi connectivity index (χ1) is 12.7. The van der Waals surface area contributed by atoms with Gasteiger partial charge in [-0.25, -0.2) is 9.78 Å².